The summed E-state index contributed by atoms with van der Waals surface area (Å²) in [6.45, 7) is 2.11. The van der Waals surface area contributed by atoms with Crippen LogP contribution in [-0.4, -0.2) is 47.9 Å². The molecule has 1 aromatic heterocycles. The van der Waals surface area contributed by atoms with E-state index in [9.17, 15) is 14.4 Å². The number of carbonyl (C=O) groups is 3. The van der Waals surface area contributed by atoms with Gasteiger partial charge in [0, 0.05) is 22.8 Å². The molecule has 2 aromatic carbocycles. The number of H-pyrrole nitrogens is 1. The molecule has 10 heteroatoms. The molecule has 10 nitrogen and oxygen atoms in total. The summed E-state index contributed by atoms with van der Waals surface area (Å²) in [4.78, 5) is 36.1. The van der Waals surface area contributed by atoms with Crippen LogP contribution in [0.4, 0.5) is 10.5 Å². The maximum absolute atomic E-state index is 12.2. The van der Waals surface area contributed by atoms with Gasteiger partial charge in [-0.15, -0.1) is 0 Å². The molecule has 0 atom stereocenters. The number of hydrogen-bond donors (Lipinski definition) is 3. The molecule has 2 heterocycles. The number of urea groups is 1. The summed E-state index contributed by atoms with van der Waals surface area (Å²) in [6, 6.07) is 8.96. The van der Waals surface area contributed by atoms with Crippen molar-refractivity contribution in [1.82, 2.24) is 15.5 Å². The van der Waals surface area contributed by atoms with Crippen LogP contribution < -0.4 is 20.1 Å². The second-order valence-corrected chi connectivity index (χ2v) is 6.52. The van der Waals surface area contributed by atoms with Crippen molar-refractivity contribution in [3.8, 4) is 11.5 Å². The number of hydrogen-bond acceptors (Lipinski definition) is 7. The highest BCUT2D eigenvalue weighted by Gasteiger charge is 2.16. The fourth-order valence-electron chi connectivity index (χ4n) is 2.93. The van der Waals surface area contributed by atoms with E-state index in [-0.39, 0.29) is 5.56 Å². The summed E-state index contributed by atoms with van der Waals surface area (Å²) in [5.74, 6) is -0.359. The molecule has 0 radical (unpaired) electrons. The molecule has 1 aliphatic rings. The van der Waals surface area contributed by atoms with Gasteiger partial charge in [0.15, 0.2) is 18.1 Å². The molecule has 0 saturated carbocycles. The highest BCUT2D eigenvalue weighted by molar-refractivity contribution is 6.02. The number of aromatic nitrogens is 2. The molecule has 3 aromatic rings. The Bertz CT molecular complexity index is 1140. The molecule has 0 aliphatic carbocycles. The summed E-state index contributed by atoms with van der Waals surface area (Å²) in [5.41, 5.74) is 2.23. The van der Waals surface area contributed by atoms with Gasteiger partial charge in [-0.05, 0) is 37.3 Å². The van der Waals surface area contributed by atoms with Crippen molar-refractivity contribution in [3.05, 3.63) is 47.7 Å². The summed E-state index contributed by atoms with van der Waals surface area (Å²) < 4.78 is 15.8. The Labute approximate surface area is 170 Å². The minimum absolute atomic E-state index is 0.278. The summed E-state index contributed by atoms with van der Waals surface area (Å²) >= 11 is 0. The van der Waals surface area contributed by atoms with E-state index in [1.807, 2.05) is 6.92 Å². The average Bonchev–Trinajstić information content (AvgIpc) is 3.12. The second-order valence-electron chi connectivity index (χ2n) is 6.52. The number of rotatable bonds is 4. The van der Waals surface area contributed by atoms with Crippen molar-refractivity contribution < 1.29 is 28.6 Å². The van der Waals surface area contributed by atoms with Gasteiger partial charge in [-0.2, -0.15) is 5.10 Å². The van der Waals surface area contributed by atoms with E-state index >= 15 is 0 Å². The molecule has 4 rings (SSSR count). The number of aryl methyl sites for hydroxylation is 1. The number of nitrogens with one attached hydrogen (secondary N) is 3. The Balaban J connectivity index is 1.29. The number of esters is 1. The van der Waals surface area contributed by atoms with E-state index in [1.54, 1.807) is 36.4 Å². The van der Waals surface area contributed by atoms with E-state index in [0.29, 0.717) is 30.4 Å². The molecule has 30 heavy (non-hydrogen) atoms. The molecule has 0 bridgehead atoms. The Kier molecular flexibility index (Phi) is 5.21. The first-order chi connectivity index (χ1) is 14.5. The lowest BCUT2D eigenvalue weighted by atomic mass is 10.1. The third-order valence-electron chi connectivity index (χ3n) is 4.37. The first-order valence-corrected chi connectivity index (χ1v) is 9.12. The zero-order valence-electron chi connectivity index (χ0n) is 16.0. The lowest BCUT2D eigenvalue weighted by molar-refractivity contribution is -0.123. The van der Waals surface area contributed by atoms with Gasteiger partial charge in [0.1, 0.15) is 13.2 Å². The lowest BCUT2D eigenvalue weighted by Crippen LogP contribution is -2.37. The quantitative estimate of drug-likeness (QED) is 0.562. The number of carbonyl (C=O) groups excluding carboxylic acids is 3. The minimum Gasteiger partial charge on any atom is -0.486 e. The monoisotopic (exact) mass is 410 g/mol. The van der Waals surface area contributed by atoms with Crippen LogP contribution in [0.5, 0.6) is 11.5 Å². The van der Waals surface area contributed by atoms with Gasteiger partial charge in [-0.1, -0.05) is 0 Å². The van der Waals surface area contributed by atoms with Gasteiger partial charge in [0.25, 0.3) is 5.91 Å². The smallest absolute Gasteiger partial charge is 0.338 e. The van der Waals surface area contributed by atoms with Gasteiger partial charge in [0.2, 0.25) is 0 Å². The van der Waals surface area contributed by atoms with Gasteiger partial charge in [0.05, 0.1) is 11.1 Å². The van der Waals surface area contributed by atoms with Crippen molar-refractivity contribution in [2.75, 3.05) is 25.1 Å². The van der Waals surface area contributed by atoms with Crippen LogP contribution in [0, 0.1) is 6.92 Å². The third kappa shape index (κ3) is 4.17. The van der Waals surface area contributed by atoms with Crippen molar-refractivity contribution in [2.24, 2.45) is 0 Å². The van der Waals surface area contributed by atoms with Crippen LogP contribution >= 0.6 is 0 Å². The number of amides is 3. The predicted octanol–water partition coefficient (Wildman–Crippen LogP) is 2.15. The average molecular weight is 410 g/mol. The van der Waals surface area contributed by atoms with Crippen LogP contribution in [0.1, 0.15) is 16.1 Å². The molecule has 0 fully saturated rings. The second kappa shape index (κ2) is 8.11. The molecule has 1 aliphatic heterocycles. The molecular formula is C20H18N4O6. The molecule has 0 unspecified atom stereocenters. The predicted molar refractivity (Wildman–Crippen MR) is 106 cm³/mol. The zero-order chi connectivity index (χ0) is 21.1. The van der Waals surface area contributed by atoms with E-state index < -0.39 is 24.5 Å². The van der Waals surface area contributed by atoms with Gasteiger partial charge < -0.3 is 19.5 Å². The lowest BCUT2D eigenvalue weighted by Gasteiger charge is -2.19. The molecular weight excluding hydrogens is 392 g/mol. The topological polar surface area (TPSA) is 132 Å². The normalized spacial score (nSPS) is 12.3. The standard InChI is InChI=1S/C20H18N4O6/c1-11-14-8-12(2-4-15(14)24-23-11)19(26)30-10-18(25)22-20(27)21-13-3-5-16-17(9-13)29-7-6-28-16/h2-5,8-9H,6-7,10H2,1H3,(H,23,24)(H2,21,22,25,27). The molecule has 0 saturated heterocycles. The first kappa shape index (κ1) is 19.2. The first-order valence-electron chi connectivity index (χ1n) is 9.12. The van der Waals surface area contributed by atoms with Crippen molar-refractivity contribution in [3.63, 3.8) is 0 Å². The molecule has 0 spiro atoms. The highest BCUT2D eigenvalue weighted by atomic mass is 16.6. The van der Waals surface area contributed by atoms with Crippen LogP contribution in [0.2, 0.25) is 0 Å². The Morgan fingerprint density at radius 1 is 1.10 bits per heavy atom. The van der Waals surface area contributed by atoms with Crippen LogP contribution in [-0.2, 0) is 9.53 Å². The largest absolute Gasteiger partial charge is 0.486 e. The molecule has 3 N–H and O–H groups in total. The van der Waals surface area contributed by atoms with E-state index in [2.05, 4.69) is 20.8 Å². The van der Waals surface area contributed by atoms with Crippen LogP contribution in [0.25, 0.3) is 10.9 Å². The van der Waals surface area contributed by atoms with Crippen molar-refractivity contribution in [2.45, 2.75) is 6.92 Å². The van der Waals surface area contributed by atoms with Crippen LogP contribution in [0.15, 0.2) is 36.4 Å². The minimum atomic E-state index is -0.765. The van der Waals surface area contributed by atoms with E-state index in [0.717, 1.165) is 16.6 Å². The summed E-state index contributed by atoms with van der Waals surface area (Å²) in [7, 11) is 0. The van der Waals surface area contributed by atoms with Crippen molar-refractivity contribution >= 4 is 34.5 Å². The Morgan fingerprint density at radius 3 is 2.73 bits per heavy atom. The molecule has 154 valence electrons. The summed E-state index contributed by atoms with van der Waals surface area (Å²) in [5, 5.41) is 12.3. The van der Waals surface area contributed by atoms with Crippen molar-refractivity contribution in [1.29, 1.82) is 0 Å². The number of imide groups is 1. The number of anilines is 1. The van der Waals surface area contributed by atoms with Gasteiger partial charge in [-0.3, -0.25) is 15.2 Å². The molecule has 3 amide bonds. The zero-order valence-corrected chi connectivity index (χ0v) is 16.0. The fourth-order valence-corrected chi connectivity index (χ4v) is 2.93. The number of ether oxygens (including phenoxy) is 3. The fraction of sp³-hybridized carbons (Fsp3) is 0.200. The maximum atomic E-state index is 12.2. The number of benzene rings is 2. The SMILES string of the molecule is Cc1[nH]nc2ccc(C(=O)OCC(=O)NC(=O)Nc3ccc4c(c3)OCCO4)cc12. The third-order valence-corrected chi connectivity index (χ3v) is 4.37. The number of fused-ring (bicyclic) bond motifs is 2. The van der Waals surface area contributed by atoms with Crippen LogP contribution in [0.3, 0.4) is 0 Å². The number of aromatic amines is 1. The summed E-state index contributed by atoms with van der Waals surface area (Å²) in [6.07, 6.45) is 0. The van der Waals surface area contributed by atoms with Gasteiger partial charge >= 0.3 is 12.0 Å². The van der Waals surface area contributed by atoms with Gasteiger partial charge in [-0.25, -0.2) is 9.59 Å². The maximum Gasteiger partial charge on any atom is 0.338 e. The Hall–Kier alpha value is -4.08. The van der Waals surface area contributed by atoms with E-state index in [4.69, 9.17) is 14.2 Å². The highest BCUT2D eigenvalue weighted by Crippen LogP contribution is 2.32. The number of nitrogens with zero attached hydrogens (tertiary/aromatic N) is 1. The van der Waals surface area contributed by atoms with E-state index in [1.165, 1.54) is 0 Å². The Morgan fingerprint density at radius 2 is 1.90 bits per heavy atom.